The molecule has 0 bridgehead atoms. The van der Waals surface area contributed by atoms with Crippen molar-refractivity contribution in [1.29, 1.82) is 0 Å². The van der Waals surface area contributed by atoms with E-state index in [9.17, 15) is 4.79 Å². The Morgan fingerprint density at radius 2 is 2.06 bits per heavy atom. The van der Waals surface area contributed by atoms with E-state index < -0.39 is 5.91 Å². The average molecular weight is 219 g/mol. The van der Waals surface area contributed by atoms with Crippen LogP contribution in [0.3, 0.4) is 0 Å². The largest absolute Gasteiger partial charge is 0.496 e. The normalized spacial score (nSPS) is 10.7. The van der Waals surface area contributed by atoms with Crippen molar-refractivity contribution in [2.45, 2.75) is 13.8 Å². The van der Waals surface area contributed by atoms with E-state index in [-0.39, 0.29) is 5.76 Å². The maximum Gasteiger partial charge on any atom is 0.284 e. The number of nitrogens with two attached hydrogens (primary N) is 1. The lowest BCUT2D eigenvalue weighted by Gasteiger charge is -2.05. The van der Waals surface area contributed by atoms with Crippen molar-refractivity contribution in [1.82, 2.24) is 0 Å². The number of fused-ring (bicyclic) bond motifs is 1. The van der Waals surface area contributed by atoms with Gasteiger partial charge in [-0.25, -0.2) is 0 Å². The first kappa shape index (κ1) is 10.5. The number of hydrogen-bond acceptors (Lipinski definition) is 3. The third kappa shape index (κ3) is 1.34. The van der Waals surface area contributed by atoms with Gasteiger partial charge < -0.3 is 14.9 Å². The van der Waals surface area contributed by atoms with Gasteiger partial charge in [0.2, 0.25) is 0 Å². The number of amides is 1. The monoisotopic (exact) mass is 219 g/mol. The molecule has 1 heterocycles. The van der Waals surface area contributed by atoms with Gasteiger partial charge in [0.25, 0.3) is 5.91 Å². The van der Waals surface area contributed by atoms with Crippen LogP contribution in [-0.2, 0) is 0 Å². The number of ether oxygens (including phenoxy) is 1. The second-order valence-electron chi connectivity index (χ2n) is 3.71. The molecular formula is C12H13NO3. The first-order valence-corrected chi connectivity index (χ1v) is 4.92. The highest BCUT2D eigenvalue weighted by molar-refractivity contribution is 6.00. The second-order valence-corrected chi connectivity index (χ2v) is 3.71. The predicted octanol–water partition coefficient (Wildman–Crippen LogP) is 2.16. The Balaban J connectivity index is 2.87. The first-order valence-electron chi connectivity index (χ1n) is 4.92. The maximum atomic E-state index is 11.2. The number of hydrogen-bond donors (Lipinski definition) is 1. The van der Waals surface area contributed by atoms with Crippen molar-refractivity contribution in [3.05, 3.63) is 29.0 Å². The molecule has 1 aromatic carbocycles. The minimum absolute atomic E-state index is 0.193. The average Bonchev–Trinajstić information content (AvgIpc) is 2.57. The molecule has 16 heavy (non-hydrogen) atoms. The maximum absolute atomic E-state index is 11.2. The number of aryl methyl sites for hydroxylation is 2. The number of carbonyl (C=O) groups is 1. The van der Waals surface area contributed by atoms with Crippen LogP contribution in [0, 0.1) is 13.8 Å². The Morgan fingerprint density at radius 3 is 2.62 bits per heavy atom. The van der Waals surface area contributed by atoms with Crippen molar-refractivity contribution < 1.29 is 13.9 Å². The van der Waals surface area contributed by atoms with Crippen molar-refractivity contribution in [2.24, 2.45) is 5.73 Å². The summed E-state index contributed by atoms with van der Waals surface area (Å²) in [7, 11) is 1.60. The summed E-state index contributed by atoms with van der Waals surface area (Å²) in [6.45, 7) is 3.74. The third-order valence-corrected chi connectivity index (χ3v) is 2.67. The van der Waals surface area contributed by atoms with E-state index in [2.05, 4.69) is 0 Å². The van der Waals surface area contributed by atoms with E-state index in [4.69, 9.17) is 14.9 Å². The summed E-state index contributed by atoms with van der Waals surface area (Å²) in [4.78, 5) is 11.2. The Hall–Kier alpha value is -1.97. The molecule has 1 aromatic heterocycles. The van der Waals surface area contributed by atoms with Crippen LogP contribution < -0.4 is 10.5 Å². The predicted molar refractivity (Wildman–Crippen MR) is 60.8 cm³/mol. The topological polar surface area (TPSA) is 65.5 Å². The van der Waals surface area contributed by atoms with Crippen molar-refractivity contribution in [2.75, 3.05) is 7.11 Å². The molecule has 0 aliphatic carbocycles. The lowest BCUT2D eigenvalue weighted by molar-refractivity contribution is 0.0975. The Kier molecular flexibility index (Phi) is 2.34. The van der Waals surface area contributed by atoms with Gasteiger partial charge in [-0.05, 0) is 25.5 Å². The zero-order valence-corrected chi connectivity index (χ0v) is 9.46. The van der Waals surface area contributed by atoms with Gasteiger partial charge in [0.1, 0.15) is 11.3 Å². The molecule has 2 aromatic rings. The van der Waals surface area contributed by atoms with Crippen LogP contribution in [0.15, 0.2) is 16.5 Å². The fourth-order valence-electron chi connectivity index (χ4n) is 1.91. The molecule has 0 unspecified atom stereocenters. The van der Waals surface area contributed by atoms with Crippen LogP contribution in [0.2, 0.25) is 0 Å². The molecule has 2 rings (SSSR count). The molecule has 0 saturated carbocycles. The summed E-state index contributed by atoms with van der Waals surface area (Å²) in [5, 5.41) is 0.816. The number of rotatable bonds is 2. The fourth-order valence-corrected chi connectivity index (χ4v) is 1.91. The van der Waals surface area contributed by atoms with E-state index in [1.165, 1.54) is 0 Å². The fraction of sp³-hybridized carbons (Fsp3) is 0.250. The standard InChI is InChI=1S/C12H13NO3/c1-6-4-5-8-9(10(6)15-3)7(2)11(16-8)12(13)14/h4-5H,1-3H3,(H2,13,14). The molecule has 0 saturated heterocycles. The van der Waals surface area contributed by atoms with E-state index >= 15 is 0 Å². The van der Waals surface area contributed by atoms with Crippen molar-refractivity contribution >= 4 is 16.9 Å². The second kappa shape index (κ2) is 3.56. The smallest absolute Gasteiger partial charge is 0.284 e. The minimum Gasteiger partial charge on any atom is -0.496 e. The van der Waals surface area contributed by atoms with Crippen molar-refractivity contribution in [3.63, 3.8) is 0 Å². The number of primary amides is 1. The van der Waals surface area contributed by atoms with Crippen LogP contribution in [-0.4, -0.2) is 13.0 Å². The summed E-state index contributed by atoms with van der Waals surface area (Å²) >= 11 is 0. The highest BCUT2D eigenvalue weighted by Crippen LogP contribution is 2.35. The van der Waals surface area contributed by atoms with Crippen LogP contribution in [0.25, 0.3) is 11.0 Å². The molecule has 0 radical (unpaired) electrons. The summed E-state index contributed by atoms with van der Waals surface area (Å²) < 4.78 is 10.7. The zero-order valence-electron chi connectivity index (χ0n) is 9.46. The SMILES string of the molecule is COc1c(C)ccc2oc(C(N)=O)c(C)c12. The van der Waals surface area contributed by atoms with Gasteiger partial charge in [0.05, 0.1) is 12.5 Å². The lowest BCUT2D eigenvalue weighted by atomic mass is 10.1. The highest BCUT2D eigenvalue weighted by Gasteiger charge is 2.18. The number of methoxy groups -OCH3 is 1. The van der Waals surface area contributed by atoms with Gasteiger partial charge in [-0.3, -0.25) is 4.79 Å². The molecule has 0 aliphatic rings. The molecule has 1 amide bonds. The first-order chi connectivity index (χ1) is 7.56. The molecule has 0 aliphatic heterocycles. The Morgan fingerprint density at radius 1 is 1.38 bits per heavy atom. The van der Waals surface area contributed by atoms with Gasteiger partial charge in [-0.1, -0.05) is 6.07 Å². The van der Waals surface area contributed by atoms with Gasteiger partial charge in [-0.15, -0.1) is 0 Å². The molecule has 0 fully saturated rings. The molecule has 4 heteroatoms. The molecule has 0 atom stereocenters. The van der Waals surface area contributed by atoms with Gasteiger partial charge in [0.15, 0.2) is 5.76 Å². The minimum atomic E-state index is -0.562. The van der Waals surface area contributed by atoms with Crippen LogP contribution in [0.5, 0.6) is 5.75 Å². The molecule has 4 nitrogen and oxygen atoms in total. The number of furan rings is 1. The quantitative estimate of drug-likeness (QED) is 0.841. The molecule has 84 valence electrons. The summed E-state index contributed by atoms with van der Waals surface area (Å²) in [5.74, 6) is 0.360. The third-order valence-electron chi connectivity index (χ3n) is 2.67. The van der Waals surface area contributed by atoms with Gasteiger partial charge in [0, 0.05) is 5.56 Å². The van der Waals surface area contributed by atoms with Crippen LogP contribution in [0.4, 0.5) is 0 Å². The number of benzene rings is 1. The van der Waals surface area contributed by atoms with E-state index in [0.29, 0.717) is 5.58 Å². The Bertz CT molecular complexity index is 569. The summed E-state index contributed by atoms with van der Waals surface area (Å²) in [6.07, 6.45) is 0. The molecule has 2 N–H and O–H groups in total. The van der Waals surface area contributed by atoms with E-state index in [1.807, 2.05) is 19.1 Å². The highest BCUT2D eigenvalue weighted by atomic mass is 16.5. The van der Waals surface area contributed by atoms with Gasteiger partial charge >= 0.3 is 0 Å². The van der Waals surface area contributed by atoms with Gasteiger partial charge in [-0.2, -0.15) is 0 Å². The van der Waals surface area contributed by atoms with E-state index in [1.54, 1.807) is 14.0 Å². The van der Waals surface area contributed by atoms with Crippen LogP contribution in [0.1, 0.15) is 21.7 Å². The summed E-state index contributed by atoms with van der Waals surface area (Å²) in [6, 6.07) is 3.70. The number of carbonyl (C=O) groups excluding carboxylic acids is 1. The summed E-state index contributed by atoms with van der Waals surface area (Å²) in [5.41, 5.74) is 7.57. The van der Waals surface area contributed by atoms with E-state index in [0.717, 1.165) is 22.3 Å². The molecular weight excluding hydrogens is 206 g/mol. The molecule has 0 spiro atoms. The zero-order chi connectivity index (χ0) is 11.9. The van der Waals surface area contributed by atoms with Crippen LogP contribution >= 0.6 is 0 Å². The Labute approximate surface area is 93.0 Å². The lowest BCUT2D eigenvalue weighted by Crippen LogP contribution is -2.10. The van der Waals surface area contributed by atoms with Crippen molar-refractivity contribution in [3.8, 4) is 5.75 Å².